The van der Waals surface area contributed by atoms with E-state index < -0.39 is 0 Å². The van der Waals surface area contributed by atoms with Gasteiger partial charge in [0.05, 0.1) is 11.8 Å². The Morgan fingerprint density at radius 3 is 2.27 bits per heavy atom. The van der Waals surface area contributed by atoms with Crippen LogP contribution in [0.1, 0.15) is 27.2 Å². The molecule has 3 nitrogen and oxygen atoms in total. The van der Waals surface area contributed by atoms with Crippen LogP contribution in [0.4, 0.5) is 0 Å². The molecule has 0 bridgehead atoms. The molecule has 0 aliphatic carbocycles. The lowest BCUT2D eigenvalue weighted by Crippen LogP contribution is -2.28. The Morgan fingerprint density at radius 2 is 1.87 bits per heavy atom. The SMILES string of the molecule is C=CC(CC)C1C(=O)OC(=O)C1C(C)C. The van der Waals surface area contributed by atoms with Gasteiger partial charge in [0.1, 0.15) is 0 Å². The van der Waals surface area contributed by atoms with Crippen LogP contribution in [-0.4, -0.2) is 11.9 Å². The van der Waals surface area contributed by atoms with Gasteiger partial charge in [-0.15, -0.1) is 6.58 Å². The normalized spacial score (nSPS) is 28.0. The minimum absolute atomic E-state index is 0.0383. The molecule has 1 saturated heterocycles. The molecule has 1 aliphatic rings. The van der Waals surface area contributed by atoms with Gasteiger partial charge in [0.25, 0.3) is 0 Å². The van der Waals surface area contributed by atoms with Crippen molar-refractivity contribution in [2.24, 2.45) is 23.7 Å². The molecule has 0 aromatic heterocycles. The summed E-state index contributed by atoms with van der Waals surface area (Å²) in [6.45, 7) is 9.57. The summed E-state index contributed by atoms with van der Waals surface area (Å²) in [5.74, 6) is -1.23. The lowest BCUT2D eigenvalue weighted by atomic mass is 9.76. The second kappa shape index (κ2) is 4.60. The molecule has 0 N–H and O–H groups in total. The standard InChI is InChI=1S/C12H18O3/c1-5-8(6-2)10-9(7(3)4)11(13)15-12(10)14/h5,7-10H,1,6H2,2-4H3. The van der Waals surface area contributed by atoms with Crippen molar-refractivity contribution in [3.63, 3.8) is 0 Å². The third-order valence-electron chi connectivity index (χ3n) is 3.09. The topological polar surface area (TPSA) is 43.4 Å². The molecule has 3 atom stereocenters. The maximum absolute atomic E-state index is 11.6. The van der Waals surface area contributed by atoms with Gasteiger partial charge in [0.15, 0.2) is 0 Å². The summed E-state index contributed by atoms with van der Waals surface area (Å²) in [6, 6.07) is 0. The van der Waals surface area contributed by atoms with Gasteiger partial charge in [-0.05, 0) is 18.3 Å². The summed E-state index contributed by atoms with van der Waals surface area (Å²) in [5.41, 5.74) is 0. The van der Waals surface area contributed by atoms with Gasteiger partial charge >= 0.3 is 11.9 Å². The number of cyclic esters (lactones) is 2. The molecule has 15 heavy (non-hydrogen) atoms. The van der Waals surface area contributed by atoms with Crippen LogP contribution in [0.5, 0.6) is 0 Å². The summed E-state index contributed by atoms with van der Waals surface area (Å²) >= 11 is 0. The van der Waals surface area contributed by atoms with E-state index in [2.05, 4.69) is 6.58 Å². The summed E-state index contributed by atoms with van der Waals surface area (Å²) in [4.78, 5) is 23.1. The summed E-state index contributed by atoms with van der Waals surface area (Å²) in [7, 11) is 0. The van der Waals surface area contributed by atoms with Gasteiger partial charge in [0.2, 0.25) is 0 Å². The first-order chi connectivity index (χ1) is 7.02. The van der Waals surface area contributed by atoms with E-state index in [1.165, 1.54) is 0 Å². The number of carbonyl (C=O) groups is 2. The Morgan fingerprint density at radius 1 is 1.33 bits per heavy atom. The first-order valence-electron chi connectivity index (χ1n) is 5.41. The Balaban J connectivity index is 2.96. The number of hydrogen-bond donors (Lipinski definition) is 0. The van der Waals surface area contributed by atoms with Gasteiger partial charge < -0.3 is 4.74 Å². The first-order valence-corrected chi connectivity index (χ1v) is 5.41. The summed E-state index contributed by atoms with van der Waals surface area (Å²) < 4.78 is 4.71. The Bertz CT molecular complexity index is 281. The average molecular weight is 210 g/mol. The molecule has 1 heterocycles. The Hall–Kier alpha value is -1.12. The van der Waals surface area contributed by atoms with E-state index in [4.69, 9.17) is 4.74 Å². The zero-order chi connectivity index (χ0) is 11.6. The molecule has 1 fully saturated rings. The molecule has 0 aromatic rings. The summed E-state index contributed by atoms with van der Waals surface area (Å²) in [5, 5.41) is 0. The molecule has 1 rings (SSSR count). The highest BCUT2D eigenvalue weighted by Crippen LogP contribution is 2.36. The van der Waals surface area contributed by atoms with E-state index >= 15 is 0 Å². The number of esters is 2. The van der Waals surface area contributed by atoms with Gasteiger partial charge in [-0.3, -0.25) is 9.59 Å². The molecule has 0 radical (unpaired) electrons. The van der Waals surface area contributed by atoms with Crippen molar-refractivity contribution in [3.8, 4) is 0 Å². The second-order valence-electron chi connectivity index (χ2n) is 4.34. The van der Waals surface area contributed by atoms with Gasteiger partial charge in [-0.2, -0.15) is 0 Å². The van der Waals surface area contributed by atoms with Crippen LogP contribution in [0.25, 0.3) is 0 Å². The number of rotatable bonds is 4. The zero-order valence-electron chi connectivity index (χ0n) is 9.53. The average Bonchev–Trinajstić information content (AvgIpc) is 2.44. The largest absolute Gasteiger partial charge is 0.393 e. The van der Waals surface area contributed by atoms with Crippen LogP contribution in [0, 0.1) is 23.7 Å². The predicted molar refractivity (Wildman–Crippen MR) is 56.9 cm³/mol. The number of ether oxygens (including phenoxy) is 1. The lowest BCUT2D eigenvalue weighted by Gasteiger charge is -2.22. The third-order valence-corrected chi connectivity index (χ3v) is 3.09. The zero-order valence-corrected chi connectivity index (χ0v) is 9.53. The Labute approximate surface area is 90.5 Å². The van der Waals surface area contributed by atoms with Crippen LogP contribution in [0.3, 0.4) is 0 Å². The molecule has 0 aromatic carbocycles. The smallest absolute Gasteiger partial charge is 0.318 e. The monoisotopic (exact) mass is 210 g/mol. The van der Waals surface area contributed by atoms with Crippen LogP contribution >= 0.6 is 0 Å². The van der Waals surface area contributed by atoms with E-state index in [-0.39, 0.29) is 35.6 Å². The minimum Gasteiger partial charge on any atom is -0.393 e. The molecular formula is C12H18O3. The van der Waals surface area contributed by atoms with Gasteiger partial charge in [-0.1, -0.05) is 26.8 Å². The minimum atomic E-state index is -0.384. The highest BCUT2D eigenvalue weighted by atomic mass is 16.6. The van der Waals surface area contributed by atoms with Crippen LogP contribution in [0.15, 0.2) is 12.7 Å². The van der Waals surface area contributed by atoms with Gasteiger partial charge in [0, 0.05) is 0 Å². The van der Waals surface area contributed by atoms with E-state index in [9.17, 15) is 9.59 Å². The van der Waals surface area contributed by atoms with Crippen molar-refractivity contribution >= 4 is 11.9 Å². The molecule has 0 amide bonds. The highest BCUT2D eigenvalue weighted by molar-refractivity contribution is 5.96. The van der Waals surface area contributed by atoms with Crippen molar-refractivity contribution < 1.29 is 14.3 Å². The van der Waals surface area contributed by atoms with Crippen LogP contribution < -0.4 is 0 Å². The maximum atomic E-state index is 11.6. The number of hydrogen-bond acceptors (Lipinski definition) is 3. The van der Waals surface area contributed by atoms with Crippen LogP contribution in [0.2, 0.25) is 0 Å². The molecule has 3 heteroatoms. The van der Waals surface area contributed by atoms with E-state index in [1.807, 2.05) is 20.8 Å². The van der Waals surface area contributed by atoms with E-state index in [0.29, 0.717) is 0 Å². The van der Waals surface area contributed by atoms with Crippen molar-refractivity contribution in [1.82, 2.24) is 0 Å². The quantitative estimate of drug-likeness (QED) is 0.406. The molecule has 0 spiro atoms. The van der Waals surface area contributed by atoms with E-state index in [0.717, 1.165) is 6.42 Å². The van der Waals surface area contributed by atoms with Crippen molar-refractivity contribution in [2.45, 2.75) is 27.2 Å². The molecule has 0 saturated carbocycles. The fourth-order valence-corrected chi connectivity index (χ4v) is 2.22. The molecule has 84 valence electrons. The predicted octanol–water partition coefficient (Wildman–Crippen LogP) is 2.17. The van der Waals surface area contributed by atoms with Crippen molar-refractivity contribution in [2.75, 3.05) is 0 Å². The fourth-order valence-electron chi connectivity index (χ4n) is 2.22. The maximum Gasteiger partial charge on any atom is 0.318 e. The van der Waals surface area contributed by atoms with Crippen LogP contribution in [-0.2, 0) is 14.3 Å². The third kappa shape index (κ3) is 2.11. The fraction of sp³-hybridized carbons (Fsp3) is 0.667. The first kappa shape index (κ1) is 12.0. The van der Waals surface area contributed by atoms with E-state index in [1.54, 1.807) is 6.08 Å². The Kier molecular flexibility index (Phi) is 3.66. The van der Waals surface area contributed by atoms with Gasteiger partial charge in [-0.25, -0.2) is 0 Å². The number of allylic oxidation sites excluding steroid dienone is 1. The highest BCUT2D eigenvalue weighted by Gasteiger charge is 2.48. The number of carbonyl (C=O) groups excluding carboxylic acids is 2. The molecule has 3 unspecified atom stereocenters. The lowest BCUT2D eigenvalue weighted by molar-refractivity contribution is -0.154. The van der Waals surface area contributed by atoms with Crippen molar-refractivity contribution in [3.05, 3.63) is 12.7 Å². The van der Waals surface area contributed by atoms with Crippen molar-refractivity contribution in [1.29, 1.82) is 0 Å². The summed E-state index contributed by atoms with van der Waals surface area (Å²) in [6.07, 6.45) is 2.56. The molecular weight excluding hydrogens is 192 g/mol. The second-order valence-corrected chi connectivity index (χ2v) is 4.34. The molecule has 1 aliphatic heterocycles.